The number of halogens is 2. The Morgan fingerprint density at radius 3 is 2.26 bits per heavy atom. The lowest BCUT2D eigenvalue weighted by Crippen LogP contribution is -2.09. The summed E-state index contributed by atoms with van der Waals surface area (Å²) < 4.78 is 14.2. The van der Waals surface area contributed by atoms with E-state index in [9.17, 15) is 9.65 Å². The van der Waals surface area contributed by atoms with Gasteiger partial charge in [0.25, 0.3) is 0 Å². The van der Waals surface area contributed by atoms with Crippen LogP contribution in [0.25, 0.3) is 11.1 Å². The van der Waals surface area contributed by atoms with E-state index < -0.39 is 0 Å². The van der Waals surface area contributed by atoms with Crippen LogP contribution in [0.15, 0.2) is 22.7 Å². The van der Waals surface area contributed by atoms with E-state index in [-0.39, 0.29) is 11.6 Å². The number of pyridine rings is 1. The summed E-state index contributed by atoms with van der Waals surface area (Å²) in [6.07, 6.45) is 11.4. The Bertz CT molecular complexity index is 858. The predicted molar refractivity (Wildman–Crippen MR) is 111 cm³/mol. The molecule has 0 unspecified atom stereocenters. The van der Waals surface area contributed by atoms with Crippen molar-refractivity contribution in [2.45, 2.75) is 64.2 Å². The maximum absolute atomic E-state index is 13.8. The first-order chi connectivity index (χ1) is 13.1. The Kier molecular flexibility index (Phi) is 6.84. The van der Waals surface area contributed by atoms with Gasteiger partial charge in [-0.2, -0.15) is 5.26 Å². The van der Waals surface area contributed by atoms with E-state index in [1.807, 2.05) is 0 Å². The van der Waals surface area contributed by atoms with Gasteiger partial charge in [0.15, 0.2) is 0 Å². The highest BCUT2D eigenvalue weighted by molar-refractivity contribution is 9.10. The largest absolute Gasteiger partial charge is 0.383 e. The van der Waals surface area contributed by atoms with Crippen molar-refractivity contribution >= 4 is 21.7 Å². The Hall–Kier alpha value is -1.93. The lowest BCUT2D eigenvalue weighted by atomic mass is 9.89. The standard InChI is InChI=1S/C22H25BrFN3/c23-18-13-15(11-12-19(18)24)21-16-9-7-5-3-1-2-4-6-8-10-20(16)27-22(26)17(21)14-25/h11-13H,1-10H2,(H2,26,27). The normalized spacial score (nSPS) is 15.9. The quantitative estimate of drug-likeness (QED) is 0.576. The number of nitriles is 1. The minimum atomic E-state index is -0.316. The van der Waals surface area contributed by atoms with Crippen molar-refractivity contribution in [2.24, 2.45) is 0 Å². The molecule has 0 fully saturated rings. The molecule has 1 heterocycles. The number of hydrogen-bond acceptors (Lipinski definition) is 3. The molecule has 27 heavy (non-hydrogen) atoms. The van der Waals surface area contributed by atoms with Crippen LogP contribution < -0.4 is 5.73 Å². The number of aryl methyl sites for hydroxylation is 1. The minimum absolute atomic E-state index is 0.277. The first-order valence-corrected chi connectivity index (χ1v) is 10.6. The van der Waals surface area contributed by atoms with Gasteiger partial charge >= 0.3 is 0 Å². The van der Waals surface area contributed by atoms with Gasteiger partial charge in [-0.05, 0) is 64.9 Å². The van der Waals surface area contributed by atoms with Crippen LogP contribution in [-0.2, 0) is 12.8 Å². The molecule has 0 saturated heterocycles. The summed E-state index contributed by atoms with van der Waals surface area (Å²) in [6, 6.07) is 7.13. The molecule has 3 nitrogen and oxygen atoms in total. The van der Waals surface area contributed by atoms with Crippen molar-refractivity contribution in [3.63, 3.8) is 0 Å². The fourth-order valence-corrected chi connectivity index (χ4v) is 4.29. The van der Waals surface area contributed by atoms with Crippen molar-refractivity contribution in [3.05, 3.63) is 45.3 Å². The summed E-state index contributed by atoms with van der Waals surface area (Å²) in [7, 11) is 0. The summed E-state index contributed by atoms with van der Waals surface area (Å²) in [6.45, 7) is 0. The zero-order valence-electron chi connectivity index (χ0n) is 15.5. The molecule has 0 saturated carbocycles. The fraction of sp³-hybridized carbons (Fsp3) is 0.455. The Labute approximate surface area is 168 Å². The molecular weight excluding hydrogens is 405 g/mol. The fourth-order valence-electron chi connectivity index (χ4n) is 3.91. The monoisotopic (exact) mass is 429 g/mol. The smallest absolute Gasteiger partial charge is 0.142 e. The van der Waals surface area contributed by atoms with Crippen LogP contribution in [-0.4, -0.2) is 4.98 Å². The third kappa shape index (κ3) is 4.68. The van der Waals surface area contributed by atoms with Gasteiger partial charge in [-0.15, -0.1) is 0 Å². The van der Waals surface area contributed by atoms with E-state index in [1.54, 1.807) is 12.1 Å². The molecular formula is C22H25BrFN3. The van der Waals surface area contributed by atoms with Gasteiger partial charge < -0.3 is 5.73 Å². The number of hydrogen-bond donors (Lipinski definition) is 1. The number of nitrogens with two attached hydrogens (primary N) is 1. The zero-order chi connectivity index (χ0) is 19.2. The molecule has 0 bridgehead atoms. The Morgan fingerprint density at radius 2 is 1.63 bits per heavy atom. The van der Waals surface area contributed by atoms with Crippen LogP contribution in [0.1, 0.15) is 68.2 Å². The predicted octanol–water partition coefficient (Wildman–Crippen LogP) is 6.32. The number of rotatable bonds is 1. The van der Waals surface area contributed by atoms with Crippen LogP contribution >= 0.6 is 15.9 Å². The third-order valence-corrected chi connectivity index (χ3v) is 5.93. The molecule has 0 radical (unpaired) electrons. The Balaban J connectivity index is 2.14. The second-order valence-corrected chi connectivity index (χ2v) is 8.10. The van der Waals surface area contributed by atoms with Crippen molar-refractivity contribution in [1.29, 1.82) is 5.26 Å². The maximum atomic E-state index is 13.8. The average Bonchev–Trinajstić information content (AvgIpc) is 2.64. The molecule has 0 spiro atoms. The number of benzene rings is 1. The van der Waals surface area contributed by atoms with Crippen LogP contribution in [0.4, 0.5) is 10.2 Å². The van der Waals surface area contributed by atoms with Crippen molar-refractivity contribution in [2.75, 3.05) is 5.73 Å². The lowest BCUT2D eigenvalue weighted by Gasteiger charge is -2.19. The molecule has 1 aliphatic carbocycles. The molecule has 5 heteroatoms. The summed E-state index contributed by atoms with van der Waals surface area (Å²) in [5, 5.41) is 9.74. The van der Waals surface area contributed by atoms with Crippen molar-refractivity contribution < 1.29 is 4.39 Å². The van der Waals surface area contributed by atoms with Gasteiger partial charge in [-0.1, -0.05) is 44.6 Å². The van der Waals surface area contributed by atoms with Crippen molar-refractivity contribution in [3.8, 4) is 17.2 Å². The second kappa shape index (κ2) is 9.32. The topological polar surface area (TPSA) is 62.7 Å². The van der Waals surface area contributed by atoms with E-state index in [0.29, 0.717) is 10.0 Å². The lowest BCUT2D eigenvalue weighted by molar-refractivity contribution is 0.557. The van der Waals surface area contributed by atoms with Gasteiger partial charge in [-0.25, -0.2) is 9.37 Å². The molecule has 1 aliphatic rings. The van der Waals surface area contributed by atoms with Gasteiger partial charge in [0, 0.05) is 11.3 Å². The molecule has 0 atom stereocenters. The van der Waals surface area contributed by atoms with Crippen molar-refractivity contribution in [1.82, 2.24) is 4.98 Å². The van der Waals surface area contributed by atoms with Gasteiger partial charge in [0.2, 0.25) is 0 Å². The summed E-state index contributed by atoms with van der Waals surface area (Å²) in [5.41, 5.74) is 10.3. The van der Waals surface area contributed by atoms with Crippen LogP contribution in [0, 0.1) is 17.1 Å². The number of fused-ring (bicyclic) bond motifs is 1. The average molecular weight is 430 g/mol. The third-order valence-electron chi connectivity index (χ3n) is 5.32. The highest BCUT2D eigenvalue weighted by atomic mass is 79.9. The van der Waals surface area contributed by atoms with Crippen LogP contribution in [0.2, 0.25) is 0 Å². The van der Waals surface area contributed by atoms with E-state index in [0.717, 1.165) is 48.1 Å². The van der Waals surface area contributed by atoms with Crippen LogP contribution in [0.5, 0.6) is 0 Å². The highest BCUT2D eigenvalue weighted by Gasteiger charge is 2.20. The molecule has 0 aliphatic heterocycles. The van der Waals surface area contributed by atoms with Gasteiger partial charge in [-0.3, -0.25) is 0 Å². The molecule has 1 aromatic heterocycles. The molecule has 0 amide bonds. The molecule has 1 aromatic carbocycles. The number of aromatic nitrogens is 1. The first kappa shape index (κ1) is 19.8. The minimum Gasteiger partial charge on any atom is -0.383 e. The van der Waals surface area contributed by atoms with Gasteiger partial charge in [0.1, 0.15) is 23.3 Å². The van der Waals surface area contributed by atoms with Gasteiger partial charge in [0.05, 0.1) is 4.47 Å². The SMILES string of the molecule is N#Cc1c(N)nc2c(c1-c1ccc(F)c(Br)c1)CCCCCCCCCC2. The van der Waals surface area contributed by atoms with E-state index >= 15 is 0 Å². The van der Waals surface area contributed by atoms with Crippen LogP contribution in [0.3, 0.4) is 0 Å². The Morgan fingerprint density at radius 1 is 1.00 bits per heavy atom. The number of nitrogen functional groups attached to an aromatic ring is 1. The maximum Gasteiger partial charge on any atom is 0.142 e. The summed E-state index contributed by atoms with van der Waals surface area (Å²) in [5.74, 6) is -0.0398. The summed E-state index contributed by atoms with van der Waals surface area (Å²) >= 11 is 3.27. The molecule has 2 aromatic rings. The highest BCUT2D eigenvalue weighted by Crippen LogP contribution is 2.36. The first-order valence-electron chi connectivity index (χ1n) is 9.78. The zero-order valence-corrected chi connectivity index (χ0v) is 17.1. The molecule has 142 valence electrons. The van der Waals surface area contributed by atoms with E-state index in [1.165, 1.54) is 44.6 Å². The number of anilines is 1. The second-order valence-electron chi connectivity index (χ2n) is 7.24. The summed E-state index contributed by atoms with van der Waals surface area (Å²) in [4.78, 5) is 4.61. The molecule has 3 rings (SSSR count). The molecule has 2 N–H and O–H groups in total. The number of nitrogens with zero attached hydrogens (tertiary/aromatic N) is 2. The van der Waals surface area contributed by atoms with E-state index in [4.69, 9.17) is 5.73 Å². The van der Waals surface area contributed by atoms with E-state index in [2.05, 4.69) is 27.0 Å².